The zero-order valence-electron chi connectivity index (χ0n) is 6.33. The molecule has 0 amide bonds. The van der Waals surface area contributed by atoms with Gasteiger partial charge in [0.1, 0.15) is 0 Å². The van der Waals surface area contributed by atoms with Crippen molar-refractivity contribution in [1.29, 1.82) is 0 Å². The van der Waals surface area contributed by atoms with Gasteiger partial charge in [-0.2, -0.15) is 0 Å². The summed E-state index contributed by atoms with van der Waals surface area (Å²) in [5, 5.41) is 2.87. The molecule has 0 fully saturated rings. The molecule has 62 valence electrons. The summed E-state index contributed by atoms with van der Waals surface area (Å²) in [6, 6.07) is 9.71. The SMILES string of the molecule is NC(C#CSI)c1ccccc1. The second-order valence-corrected chi connectivity index (χ2v) is 3.89. The van der Waals surface area contributed by atoms with Crippen LogP contribution in [0.3, 0.4) is 0 Å². The average Bonchev–Trinajstić information content (AvgIpc) is 2.15. The Hall–Kier alpha value is -0.180. The summed E-state index contributed by atoms with van der Waals surface area (Å²) in [5.41, 5.74) is 6.86. The number of hydrogen-bond donors (Lipinski definition) is 1. The van der Waals surface area contributed by atoms with Crippen LogP contribution in [0.15, 0.2) is 30.3 Å². The molecule has 0 bridgehead atoms. The molecule has 0 saturated carbocycles. The van der Waals surface area contributed by atoms with E-state index in [1.165, 1.54) is 8.93 Å². The van der Waals surface area contributed by atoms with Crippen LogP contribution < -0.4 is 5.73 Å². The van der Waals surface area contributed by atoms with Gasteiger partial charge in [0.15, 0.2) is 0 Å². The third-order valence-corrected chi connectivity index (χ3v) is 2.27. The van der Waals surface area contributed by atoms with Gasteiger partial charge in [-0.25, -0.2) is 0 Å². The van der Waals surface area contributed by atoms with E-state index in [2.05, 4.69) is 32.4 Å². The van der Waals surface area contributed by atoms with E-state index in [9.17, 15) is 0 Å². The molecule has 1 aromatic rings. The normalized spacial score (nSPS) is 11.5. The van der Waals surface area contributed by atoms with Gasteiger partial charge in [-0.1, -0.05) is 36.3 Å². The highest BCUT2D eigenvalue weighted by Crippen LogP contribution is 2.11. The van der Waals surface area contributed by atoms with Crippen molar-refractivity contribution in [2.45, 2.75) is 6.04 Å². The molecule has 0 spiro atoms. The van der Waals surface area contributed by atoms with E-state index in [0.717, 1.165) is 5.56 Å². The maximum Gasteiger partial charge on any atom is 0.0930 e. The molecule has 0 aliphatic carbocycles. The van der Waals surface area contributed by atoms with Crippen LogP contribution in [0.25, 0.3) is 0 Å². The quantitative estimate of drug-likeness (QED) is 0.635. The van der Waals surface area contributed by atoms with Gasteiger partial charge in [-0.3, -0.25) is 0 Å². The van der Waals surface area contributed by atoms with E-state index < -0.39 is 0 Å². The second-order valence-electron chi connectivity index (χ2n) is 2.21. The fourth-order valence-electron chi connectivity index (χ4n) is 0.829. The number of hydrogen-bond acceptors (Lipinski definition) is 2. The smallest absolute Gasteiger partial charge is 0.0930 e. The summed E-state index contributed by atoms with van der Waals surface area (Å²) in [7, 11) is 1.45. The van der Waals surface area contributed by atoms with Crippen molar-refractivity contribution in [3.05, 3.63) is 35.9 Å². The Morgan fingerprint density at radius 2 is 2.00 bits per heavy atom. The number of halogens is 1. The lowest BCUT2D eigenvalue weighted by Crippen LogP contribution is -2.06. The van der Waals surface area contributed by atoms with Gasteiger partial charge >= 0.3 is 0 Å². The molecule has 2 N–H and O–H groups in total. The number of benzene rings is 1. The van der Waals surface area contributed by atoms with E-state index in [1.54, 1.807) is 0 Å². The Labute approximate surface area is 88.7 Å². The predicted octanol–water partition coefficient (Wildman–Crippen LogP) is 2.73. The van der Waals surface area contributed by atoms with Gasteiger partial charge in [0, 0.05) is 21.2 Å². The first kappa shape index (κ1) is 9.90. The molecule has 1 unspecified atom stereocenters. The fraction of sp³-hybridized carbons (Fsp3) is 0.111. The molecule has 3 heteroatoms. The summed E-state index contributed by atoms with van der Waals surface area (Å²) < 4.78 is 0. The molecule has 0 aliphatic rings. The van der Waals surface area contributed by atoms with Crippen molar-refractivity contribution in [1.82, 2.24) is 0 Å². The summed E-state index contributed by atoms with van der Waals surface area (Å²) in [6.45, 7) is 0. The topological polar surface area (TPSA) is 26.0 Å². The van der Waals surface area contributed by atoms with Gasteiger partial charge in [0.2, 0.25) is 0 Å². The average molecular weight is 289 g/mol. The molecule has 12 heavy (non-hydrogen) atoms. The van der Waals surface area contributed by atoms with E-state index in [1.807, 2.05) is 30.3 Å². The molecule has 1 aromatic carbocycles. The van der Waals surface area contributed by atoms with Gasteiger partial charge in [-0.15, -0.1) is 0 Å². The predicted molar refractivity (Wildman–Crippen MR) is 62.8 cm³/mol. The molecule has 0 aliphatic heterocycles. The zero-order chi connectivity index (χ0) is 8.81. The van der Waals surface area contributed by atoms with Gasteiger partial charge in [0.25, 0.3) is 0 Å². The highest BCUT2D eigenvalue weighted by Gasteiger charge is 1.98. The van der Waals surface area contributed by atoms with Crippen LogP contribution in [0.5, 0.6) is 0 Å². The second kappa shape index (κ2) is 5.46. The lowest BCUT2D eigenvalue weighted by atomic mass is 10.1. The summed E-state index contributed by atoms with van der Waals surface area (Å²) in [4.78, 5) is 0. The van der Waals surface area contributed by atoms with Crippen molar-refractivity contribution in [2.75, 3.05) is 0 Å². The van der Waals surface area contributed by atoms with Crippen molar-refractivity contribution >= 4 is 30.1 Å². The lowest BCUT2D eigenvalue weighted by Gasteiger charge is -2.02. The van der Waals surface area contributed by atoms with Crippen LogP contribution in [-0.4, -0.2) is 0 Å². The van der Waals surface area contributed by atoms with Gasteiger partial charge in [0.05, 0.1) is 6.04 Å². The van der Waals surface area contributed by atoms with Crippen LogP contribution >= 0.6 is 30.1 Å². The van der Waals surface area contributed by atoms with Gasteiger partial charge in [-0.05, 0) is 19.7 Å². The molecular formula is C9H8INS. The van der Waals surface area contributed by atoms with Crippen LogP contribution in [-0.2, 0) is 0 Å². The Bertz CT molecular complexity index is 288. The molecule has 0 radical (unpaired) electrons. The first-order valence-corrected chi connectivity index (χ1v) is 6.79. The van der Waals surface area contributed by atoms with Crippen molar-refractivity contribution in [3.8, 4) is 11.2 Å². The first-order valence-electron chi connectivity index (χ1n) is 3.43. The number of nitrogens with two attached hydrogens (primary N) is 1. The third-order valence-electron chi connectivity index (χ3n) is 1.41. The fourth-order valence-corrected chi connectivity index (χ4v) is 1.38. The van der Waals surface area contributed by atoms with Crippen LogP contribution in [0.2, 0.25) is 0 Å². The maximum atomic E-state index is 5.79. The van der Waals surface area contributed by atoms with Crippen molar-refractivity contribution < 1.29 is 0 Å². The van der Waals surface area contributed by atoms with Crippen LogP contribution in [0, 0.1) is 11.2 Å². The standard InChI is InChI=1S/C9H8INS/c10-12-7-6-9(11)8-4-2-1-3-5-8/h1-5,9H,11H2. The maximum absolute atomic E-state index is 5.79. The zero-order valence-corrected chi connectivity index (χ0v) is 9.30. The minimum absolute atomic E-state index is 0.159. The molecule has 1 nitrogen and oxygen atoms in total. The monoisotopic (exact) mass is 289 g/mol. The molecule has 1 rings (SSSR count). The summed E-state index contributed by atoms with van der Waals surface area (Å²) in [5.74, 6) is 2.93. The third kappa shape index (κ3) is 3.05. The summed E-state index contributed by atoms with van der Waals surface area (Å²) >= 11 is 2.13. The van der Waals surface area contributed by atoms with Crippen molar-refractivity contribution in [2.24, 2.45) is 5.73 Å². The van der Waals surface area contributed by atoms with Gasteiger partial charge < -0.3 is 5.73 Å². The Morgan fingerprint density at radius 1 is 1.33 bits per heavy atom. The molecule has 0 saturated heterocycles. The van der Waals surface area contributed by atoms with Crippen LogP contribution in [0.1, 0.15) is 11.6 Å². The van der Waals surface area contributed by atoms with E-state index in [-0.39, 0.29) is 6.04 Å². The molecule has 0 heterocycles. The Balaban J connectivity index is 2.72. The Kier molecular flexibility index (Phi) is 4.51. The minimum atomic E-state index is -0.159. The van der Waals surface area contributed by atoms with E-state index in [4.69, 9.17) is 5.73 Å². The highest BCUT2D eigenvalue weighted by molar-refractivity contribution is 14.2. The minimum Gasteiger partial charge on any atom is -0.314 e. The van der Waals surface area contributed by atoms with Crippen LogP contribution in [0.4, 0.5) is 0 Å². The lowest BCUT2D eigenvalue weighted by molar-refractivity contribution is 0.946. The van der Waals surface area contributed by atoms with Crippen molar-refractivity contribution in [3.63, 3.8) is 0 Å². The molecular weight excluding hydrogens is 281 g/mol. The first-order chi connectivity index (χ1) is 5.84. The number of rotatable bonds is 1. The molecule has 1 atom stereocenters. The van der Waals surface area contributed by atoms with E-state index >= 15 is 0 Å². The largest absolute Gasteiger partial charge is 0.314 e. The van der Waals surface area contributed by atoms with E-state index in [0.29, 0.717) is 0 Å². The summed E-state index contributed by atoms with van der Waals surface area (Å²) in [6.07, 6.45) is 0. The highest BCUT2D eigenvalue weighted by atomic mass is 127. The molecule has 0 aromatic heterocycles. The Morgan fingerprint density at radius 3 is 2.58 bits per heavy atom.